The van der Waals surface area contributed by atoms with Crippen molar-refractivity contribution < 1.29 is 23.9 Å². The number of nitrogens with one attached hydrogen (secondary N) is 4. The van der Waals surface area contributed by atoms with Crippen molar-refractivity contribution in [2.24, 2.45) is 5.41 Å². The molecular weight excluding hydrogens is 598 g/mol. The van der Waals surface area contributed by atoms with Gasteiger partial charge in [0.15, 0.2) is 0 Å². The lowest BCUT2D eigenvalue weighted by molar-refractivity contribution is -0.150. The largest absolute Gasteiger partial charge is 0.461 e. The van der Waals surface area contributed by atoms with E-state index < -0.39 is 0 Å². The molecule has 0 radical (unpaired) electrons. The van der Waals surface area contributed by atoms with Crippen LogP contribution >= 0.6 is 0 Å². The number of aromatic amines is 2. The number of carbonyl (C=O) groups excluding carboxylic acids is 3. The Kier molecular flexibility index (Phi) is 10.6. The molecule has 2 aliphatic heterocycles. The van der Waals surface area contributed by atoms with Crippen molar-refractivity contribution in [2.75, 3.05) is 20.1 Å². The van der Waals surface area contributed by atoms with Gasteiger partial charge in [-0.15, -0.1) is 0 Å². The van der Waals surface area contributed by atoms with Crippen LogP contribution in [0.4, 0.5) is 0 Å². The van der Waals surface area contributed by atoms with E-state index in [9.17, 15) is 14.4 Å². The first-order chi connectivity index (χ1) is 22.5. The zero-order valence-corrected chi connectivity index (χ0v) is 28.1. The van der Waals surface area contributed by atoms with Crippen LogP contribution in [0.15, 0.2) is 49.1 Å². The monoisotopic (exact) mass is 645 g/mol. The molecule has 6 heterocycles. The molecule has 2 fully saturated rings. The molecule has 12 nitrogen and oxygen atoms in total. The lowest BCUT2D eigenvalue weighted by Crippen LogP contribution is -2.54. The number of pyridine rings is 2. The summed E-state index contributed by atoms with van der Waals surface area (Å²) in [7, 11) is 1.81. The van der Waals surface area contributed by atoms with Crippen molar-refractivity contribution in [3.05, 3.63) is 60.2 Å². The van der Waals surface area contributed by atoms with Crippen LogP contribution in [0.5, 0.6) is 0 Å². The number of hydrogen-bond acceptors (Lipinski definition) is 9. The summed E-state index contributed by atoms with van der Waals surface area (Å²) < 4.78 is 10.9. The lowest BCUT2D eigenvalue weighted by Gasteiger charge is -2.36. The van der Waals surface area contributed by atoms with E-state index in [1.54, 1.807) is 12.4 Å². The maximum absolute atomic E-state index is 13.4. The van der Waals surface area contributed by atoms with Crippen LogP contribution < -0.4 is 10.6 Å². The second-order valence-electron chi connectivity index (χ2n) is 13.5. The van der Waals surface area contributed by atoms with Crippen LogP contribution in [-0.4, -0.2) is 93.2 Å². The van der Waals surface area contributed by atoms with E-state index in [4.69, 9.17) is 9.47 Å². The molecular formula is C35H47N7O5. The molecule has 4 aromatic rings. The predicted octanol–water partition coefficient (Wildman–Crippen LogP) is 3.67. The summed E-state index contributed by atoms with van der Waals surface area (Å²) in [5.41, 5.74) is 3.78. The standard InChI is InChI=1S/C21H30N4O3.C14H17N3O2/c1-13(26)28-17-8-10-25(20(27)18(22-5)21(2,3)4)16(17)11-14-12-24-19-15(14)7-6-9-23-19;1-9(18)19-13-4-6-15-12(13)7-10-8-17-14-11(10)3-2-5-16-14/h6-7,9,12,16-18,22H,8,10-11H2,1-5H3,(H,23,24);2-3,5,8,12-13,15H,4,6-7H2,1H3,(H,16,17)/t16-,17+,18-;12-,13+/m11/s1. The van der Waals surface area contributed by atoms with E-state index in [2.05, 4.69) is 36.6 Å². The number of H-pyrrole nitrogens is 2. The number of rotatable bonds is 8. The molecule has 47 heavy (non-hydrogen) atoms. The van der Waals surface area contributed by atoms with Gasteiger partial charge in [0.2, 0.25) is 5.91 Å². The second kappa shape index (κ2) is 14.6. The van der Waals surface area contributed by atoms with E-state index in [0.29, 0.717) is 19.4 Å². The van der Waals surface area contributed by atoms with Gasteiger partial charge in [-0.25, -0.2) is 9.97 Å². The van der Waals surface area contributed by atoms with E-state index in [1.807, 2.05) is 63.3 Å². The first-order valence-electron chi connectivity index (χ1n) is 16.3. The number of likely N-dealkylation sites (tertiary alicyclic amines) is 1. The number of likely N-dealkylation sites (N-methyl/N-ethyl adjacent to an activating group) is 1. The smallest absolute Gasteiger partial charge is 0.302 e. The van der Waals surface area contributed by atoms with Crippen molar-refractivity contribution >= 4 is 39.9 Å². The summed E-state index contributed by atoms with van der Waals surface area (Å²) >= 11 is 0. The minimum atomic E-state index is -0.314. The van der Waals surface area contributed by atoms with Crippen LogP contribution in [0.1, 0.15) is 58.6 Å². The SMILES string of the molecule is CC(=O)O[C@H]1CCN[C@@H]1Cc1c[nH]c2ncccc12.CN[C@H](C(=O)N1CC[C@H](OC(C)=O)[C@H]1Cc1c[nH]c2ncccc12)C(C)(C)C. The second-order valence-corrected chi connectivity index (χ2v) is 13.5. The Hall–Kier alpha value is -4.29. The average Bonchev–Trinajstić information content (AvgIpc) is 3.81. The highest BCUT2D eigenvalue weighted by molar-refractivity contribution is 5.84. The molecule has 4 aromatic heterocycles. The fourth-order valence-electron chi connectivity index (χ4n) is 6.91. The predicted molar refractivity (Wildman–Crippen MR) is 180 cm³/mol. The molecule has 0 saturated carbocycles. The molecule has 0 unspecified atom stereocenters. The van der Waals surface area contributed by atoms with Gasteiger partial charge in [0, 0.05) is 68.4 Å². The Bertz CT molecular complexity index is 1690. The number of amides is 1. The van der Waals surface area contributed by atoms with Gasteiger partial charge in [0.05, 0.1) is 12.1 Å². The molecule has 5 atom stereocenters. The van der Waals surface area contributed by atoms with Gasteiger partial charge in [-0.05, 0) is 73.7 Å². The number of fused-ring (bicyclic) bond motifs is 2. The number of nitrogens with zero attached hydrogens (tertiary/aromatic N) is 3. The molecule has 0 bridgehead atoms. The Morgan fingerprint density at radius 2 is 1.49 bits per heavy atom. The Morgan fingerprint density at radius 3 is 2.04 bits per heavy atom. The zero-order valence-electron chi connectivity index (χ0n) is 28.1. The van der Waals surface area contributed by atoms with Gasteiger partial charge in [-0.3, -0.25) is 14.4 Å². The molecule has 2 saturated heterocycles. The highest BCUT2D eigenvalue weighted by atomic mass is 16.5. The first kappa shape index (κ1) is 34.1. The summed E-state index contributed by atoms with van der Waals surface area (Å²) in [6.07, 6.45) is 10.1. The number of carbonyl (C=O) groups is 3. The molecule has 252 valence electrons. The third-order valence-corrected chi connectivity index (χ3v) is 9.03. The van der Waals surface area contributed by atoms with Gasteiger partial charge in [-0.1, -0.05) is 20.8 Å². The van der Waals surface area contributed by atoms with E-state index in [0.717, 1.165) is 47.0 Å². The molecule has 12 heteroatoms. The number of ether oxygens (including phenoxy) is 2. The molecule has 0 aromatic carbocycles. The fourth-order valence-corrected chi connectivity index (χ4v) is 6.91. The van der Waals surface area contributed by atoms with Gasteiger partial charge in [0.25, 0.3) is 0 Å². The van der Waals surface area contributed by atoms with Crippen LogP contribution in [0.3, 0.4) is 0 Å². The van der Waals surface area contributed by atoms with Crippen LogP contribution in [0, 0.1) is 5.41 Å². The maximum atomic E-state index is 13.4. The highest BCUT2D eigenvalue weighted by Gasteiger charge is 2.43. The number of hydrogen-bond donors (Lipinski definition) is 4. The Balaban J connectivity index is 0.000000198. The van der Waals surface area contributed by atoms with E-state index in [1.165, 1.54) is 19.4 Å². The van der Waals surface area contributed by atoms with Crippen LogP contribution in [0.2, 0.25) is 0 Å². The lowest BCUT2D eigenvalue weighted by atomic mass is 9.85. The molecule has 0 aliphatic carbocycles. The van der Waals surface area contributed by atoms with Crippen molar-refractivity contribution in [1.82, 2.24) is 35.5 Å². The van der Waals surface area contributed by atoms with Crippen molar-refractivity contribution in [1.29, 1.82) is 0 Å². The van der Waals surface area contributed by atoms with Crippen molar-refractivity contribution in [2.45, 2.75) is 90.6 Å². The first-order valence-corrected chi connectivity index (χ1v) is 16.3. The summed E-state index contributed by atoms with van der Waals surface area (Å²) in [6.45, 7) is 10.5. The fraction of sp³-hybridized carbons (Fsp3) is 0.514. The van der Waals surface area contributed by atoms with E-state index in [-0.39, 0.29) is 53.6 Å². The zero-order chi connectivity index (χ0) is 33.7. The molecule has 2 aliphatic rings. The quantitative estimate of drug-likeness (QED) is 0.210. The van der Waals surface area contributed by atoms with Gasteiger partial charge in [-0.2, -0.15) is 0 Å². The van der Waals surface area contributed by atoms with Gasteiger partial charge in [0.1, 0.15) is 23.5 Å². The number of aromatic nitrogens is 4. The highest BCUT2D eigenvalue weighted by Crippen LogP contribution is 2.30. The molecule has 1 amide bonds. The summed E-state index contributed by atoms with van der Waals surface area (Å²) in [5.74, 6) is -0.474. The maximum Gasteiger partial charge on any atom is 0.302 e. The molecule has 0 spiro atoms. The van der Waals surface area contributed by atoms with Gasteiger partial charge >= 0.3 is 11.9 Å². The summed E-state index contributed by atoms with van der Waals surface area (Å²) in [6, 6.07) is 7.58. The van der Waals surface area contributed by atoms with Crippen molar-refractivity contribution in [3.8, 4) is 0 Å². The molecule has 4 N–H and O–H groups in total. The third kappa shape index (κ3) is 7.99. The van der Waals surface area contributed by atoms with E-state index >= 15 is 0 Å². The normalized spacial score (nSPS) is 21.8. The number of esters is 2. The Labute approximate surface area is 275 Å². The minimum absolute atomic E-state index is 0.0286. The topological polar surface area (TPSA) is 154 Å². The van der Waals surface area contributed by atoms with Crippen LogP contribution in [-0.2, 0) is 36.7 Å². The van der Waals surface area contributed by atoms with Gasteiger partial charge < -0.3 is 35.0 Å². The van der Waals surface area contributed by atoms with Crippen molar-refractivity contribution in [3.63, 3.8) is 0 Å². The summed E-state index contributed by atoms with van der Waals surface area (Å²) in [5, 5.41) is 8.74. The average molecular weight is 646 g/mol. The summed E-state index contributed by atoms with van der Waals surface area (Å²) in [4.78, 5) is 52.9. The minimum Gasteiger partial charge on any atom is -0.461 e. The van der Waals surface area contributed by atoms with Crippen LogP contribution in [0.25, 0.3) is 22.1 Å². The Morgan fingerprint density at radius 1 is 0.915 bits per heavy atom. The third-order valence-electron chi connectivity index (χ3n) is 9.03. The molecule has 6 rings (SSSR count).